The topological polar surface area (TPSA) is 44.4 Å². The second-order valence-corrected chi connectivity index (χ2v) is 5.84. The van der Waals surface area contributed by atoms with E-state index in [1.165, 1.54) is 38.5 Å². The van der Waals surface area contributed by atoms with Gasteiger partial charge in [0.05, 0.1) is 6.54 Å². The second kappa shape index (κ2) is 7.10. The van der Waals surface area contributed by atoms with Crippen LogP contribution in [0.25, 0.3) is 0 Å². The summed E-state index contributed by atoms with van der Waals surface area (Å²) in [6.45, 7) is 3.23. The van der Waals surface area contributed by atoms with Gasteiger partial charge in [-0.2, -0.15) is 0 Å². The number of likely N-dealkylation sites (N-methyl/N-ethyl adjacent to an activating group) is 1. The summed E-state index contributed by atoms with van der Waals surface area (Å²) in [6.07, 6.45) is 8.06. The molecule has 4 heteroatoms. The molecule has 2 aliphatic carbocycles. The Kier molecular flexibility index (Phi) is 5.45. The van der Waals surface area contributed by atoms with Gasteiger partial charge in [0.2, 0.25) is 5.91 Å². The summed E-state index contributed by atoms with van der Waals surface area (Å²) in [5, 5.41) is 6.20. The number of nitrogens with zero attached hydrogens (tertiary/aromatic N) is 1. The summed E-state index contributed by atoms with van der Waals surface area (Å²) in [6, 6.07) is 0.745. The van der Waals surface area contributed by atoms with E-state index in [0.29, 0.717) is 6.54 Å². The number of carbonyl (C=O) groups excluding carboxylic acids is 1. The average Bonchev–Trinajstić information content (AvgIpc) is 3.01. The molecule has 4 nitrogen and oxygen atoms in total. The highest BCUT2D eigenvalue weighted by Gasteiger charge is 2.21. The maximum atomic E-state index is 11.6. The molecule has 2 rings (SSSR count). The van der Waals surface area contributed by atoms with Gasteiger partial charge in [-0.25, -0.2) is 0 Å². The zero-order valence-electron chi connectivity index (χ0n) is 11.6. The molecule has 18 heavy (non-hydrogen) atoms. The van der Waals surface area contributed by atoms with Crippen molar-refractivity contribution in [2.75, 3.05) is 33.2 Å². The molecule has 2 fully saturated rings. The quantitative estimate of drug-likeness (QED) is 0.678. The molecule has 2 N–H and O–H groups in total. The Morgan fingerprint density at radius 1 is 1.22 bits per heavy atom. The molecule has 104 valence electrons. The molecule has 2 saturated carbocycles. The molecule has 2 aliphatic rings. The average molecular weight is 253 g/mol. The van der Waals surface area contributed by atoms with Gasteiger partial charge in [0, 0.05) is 19.1 Å². The van der Waals surface area contributed by atoms with E-state index in [1.807, 2.05) is 0 Å². The normalized spacial score (nSPS) is 20.6. The Hall–Kier alpha value is -0.610. The van der Waals surface area contributed by atoms with Crippen LogP contribution in [0.4, 0.5) is 0 Å². The molecule has 1 amide bonds. The molecular weight excluding hydrogens is 226 g/mol. The van der Waals surface area contributed by atoms with Crippen LogP contribution in [-0.4, -0.2) is 50.1 Å². The first-order valence-corrected chi connectivity index (χ1v) is 7.43. The highest BCUT2D eigenvalue weighted by Crippen LogP contribution is 2.27. The molecule has 0 radical (unpaired) electrons. The van der Waals surface area contributed by atoms with Gasteiger partial charge in [0.1, 0.15) is 0 Å². The fraction of sp³-hybridized carbons (Fsp3) is 0.929. The molecule has 0 heterocycles. The van der Waals surface area contributed by atoms with Crippen LogP contribution in [0.5, 0.6) is 0 Å². The Labute approximate surface area is 110 Å². The van der Waals surface area contributed by atoms with Crippen molar-refractivity contribution in [1.82, 2.24) is 15.5 Å². The first kappa shape index (κ1) is 13.8. The molecule has 0 aromatic heterocycles. The summed E-state index contributed by atoms with van der Waals surface area (Å²) in [7, 11) is 2.17. The molecular formula is C14H27N3O. The lowest BCUT2D eigenvalue weighted by atomic mass is 10.2. The van der Waals surface area contributed by atoms with Gasteiger partial charge in [-0.3, -0.25) is 4.79 Å². The van der Waals surface area contributed by atoms with E-state index < -0.39 is 0 Å². The minimum atomic E-state index is 0.135. The largest absolute Gasteiger partial charge is 0.354 e. The van der Waals surface area contributed by atoms with E-state index in [0.717, 1.165) is 31.6 Å². The Morgan fingerprint density at radius 3 is 2.61 bits per heavy atom. The fourth-order valence-electron chi connectivity index (χ4n) is 2.67. The molecule has 0 aliphatic heterocycles. The van der Waals surface area contributed by atoms with E-state index in [1.54, 1.807) is 0 Å². The van der Waals surface area contributed by atoms with Crippen LogP contribution < -0.4 is 10.6 Å². The van der Waals surface area contributed by atoms with Crippen molar-refractivity contribution in [3.05, 3.63) is 0 Å². The maximum absolute atomic E-state index is 11.6. The van der Waals surface area contributed by atoms with Crippen molar-refractivity contribution in [2.24, 2.45) is 5.92 Å². The smallest absolute Gasteiger partial charge is 0.234 e. The molecule has 0 bridgehead atoms. The number of rotatable bonds is 8. The third-order valence-corrected chi connectivity index (χ3v) is 4.15. The number of hydrogen-bond donors (Lipinski definition) is 2. The first-order chi connectivity index (χ1) is 8.75. The van der Waals surface area contributed by atoms with Crippen LogP contribution in [0, 0.1) is 5.92 Å². The van der Waals surface area contributed by atoms with E-state index in [4.69, 9.17) is 0 Å². The molecule has 0 aromatic rings. The Morgan fingerprint density at radius 2 is 1.94 bits per heavy atom. The van der Waals surface area contributed by atoms with Crippen molar-refractivity contribution in [3.8, 4) is 0 Å². The second-order valence-electron chi connectivity index (χ2n) is 5.84. The lowest BCUT2D eigenvalue weighted by Crippen LogP contribution is -2.40. The molecule has 0 saturated heterocycles. The fourth-order valence-corrected chi connectivity index (χ4v) is 2.67. The van der Waals surface area contributed by atoms with Crippen molar-refractivity contribution >= 4 is 5.91 Å². The predicted molar refractivity (Wildman–Crippen MR) is 73.5 cm³/mol. The van der Waals surface area contributed by atoms with E-state index in [2.05, 4.69) is 22.6 Å². The van der Waals surface area contributed by atoms with E-state index in [-0.39, 0.29) is 5.91 Å². The molecule has 0 atom stereocenters. The molecule has 0 unspecified atom stereocenters. The van der Waals surface area contributed by atoms with Crippen molar-refractivity contribution in [2.45, 2.75) is 44.6 Å². The minimum Gasteiger partial charge on any atom is -0.354 e. The van der Waals surface area contributed by atoms with Crippen molar-refractivity contribution < 1.29 is 4.79 Å². The monoisotopic (exact) mass is 253 g/mol. The van der Waals surface area contributed by atoms with Gasteiger partial charge in [0.15, 0.2) is 0 Å². The van der Waals surface area contributed by atoms with E-state index in [9.17, 15) is 4.79 Å². The van der Waals surface area contributed by atoms with Gasteiger partial charge in [-0.05, 0) is 45.2 Å². The first-order valence-electron chi connectivity index (χ1n) is 7.43. The number of hydrogen-bond acceptors (Lipinski definition) is 3. The third kappa shape index (κ3) is 4.94. The zero-order chi connectivity index (χ0) is 12.8. The third-order valence-electron chi connectivity index (χ3n) is 4.15. The van der Waals surface area contributed by atoms with Gasteiger partial charge < -0.3 is 15.5 Å². The van der Waals surface area contributed by atoms with Crippen molar-refractivity contribution in [1.29, 1.82) is 0 Å². The number of carbonyl (C=O) groups is 1. The summed E-state index contributed by atoms with van der Waals surface area (Å²) in [5.74, 6) is 0.974. The lowest BCUT2D eigenvalue weighted by Gasteiger charge is -2.23. The van der Waals surface area contributed by atoms with Crippen LogP contribution in [0.2, 0.25) is 0 Å². The predicted octanol–water partition coefficient (Wildman–Crippen LogP) is 0.977. The highest BCUT2D eigenvalue weighted by atomic mass is 16.1. The summed E-state index contributed by atoms with van der Waals surface area (Å²) in [5.41, 5.74) is 0. The van der Waals surface area contributed by atoms with Crippen LogP contribution in [0.3, 0.4) is 0 Å². The van der Waals surface area contributed by atoms with Crippen LogP contribution in [-0.2, 0) is 4.79 Å². The van der Waals surface area contributed by atoms with Crippen LogP contribution >= 0.6 is 0 Å². The minimum absolute atomic E-state index is 0.135. The Bertz CT molecular complexity index is 260. The molecule has 0 spiro atoms. The maximum Gasteiger partial charge on any atom is 0.234 e. The Balaban J connectivity index is 1.46. The van der Waals surface area contributed by atoms with Gasteiger partial charge in [-0.15, -0.1) is 0 Å². The standard InChI is InChI=1S/C14H27N3O/c1-17(13-4-2-3-5-13)9-8-16-14(18)11-15-10-12-6-7-12/h12-13,15H,2-11H2,1H3,(H,16,18). The number of nitrogens with one attached hydrogen (secondary N) is 2. The van der Waals surface area contributed by atoms with Crippen LogP contribution in [0.1, 0.15) is 38.5 Å². The van der Waals surface area contributed by atoms with Crippen molar-refractivity contribution in [3.63, 3.8) is 0 Å². The summed E-state index contributed by atoms with van der Waals surface area (Å²) >= 11 is 0. The van der Waals surface area contributed by atoms with Crippen LogP contribution in [0.15, 0.2) is 0 Å². The lowest BCUT2D eigenvalue weighted by molar-refractivity contribution is -0.120. The summed E-state index contributed by atoms with van der Waals surface area (Å²) < 4.78 is 0. The van der Waals surface area contributed by atoms with Gasteiger partial charge in [0.25, 0.3) is 0 Å². The molecule has 0 aromatic carbocycles. The summed E-state index contributed by atoms with van der Waals surface area (Å²) in [4.78, 5) is 13.9. The number of amides is 1. The van der Waals surface area contributed by atoms with E-state index >= 15 is 0 Å². The SMILES string of the molecule is CN(CCNC(=O)CNCC1CC1)C1CCCC1. The zero-order valence-corrected chi connectivity index (χ0v) is 11.6. The highest BCUT2D eigenvalue weighted by molar-refractivity contribution is 5.77. The van der Waals surface area contributed by atoms with Gasteiger partial charge in [-0.1, -0.05) is 12.8 Å². The van der Waals surface area contributed by atoms with Gasteiger partial charge >= 0.3 is 0 Å².